The van der Waals surface area contributed by atoms with E-state index < -0.39 is 0 Å². The Hall–Kier alpha value is -6.43. The van der Waals surface area contributed by atoms with Gasteiger partial charge in [0.05, 0.1) is 11.0 Å². The van der Waals surface area contributed by atoms with Crippen molar-refractivity contribution >= 4 is 53.3 Å². The minimum absolute atomic E-state index is 0.594. The van der Waals surface area contributed by atoms with Crippen LogP contribution in [0.1, 0.15) is 0 Å². The Labute approximate surface area is 292 Å². The van der Waals surface area contributed by atoms with Gasteiger partial charge >= 0.3 is 0 Å². The van der Waals surface area contributed by atoms with Gasteiger partial charge in [-0.2, -0.15) is 9.97 Å². The summed E-state index contributed by atoms with van der Waals surface area (Å²) in [5.74, 6) is 1.88. The maximum absolute atomic E-state index is 5.09. The number of hydrogen-bond acceptors (Lipinski definition) is 4. The Balaban J connectivity index is 1.19. The zero-order chi connectivity index (χ0) is 33.0. The van der Waals surface area contributed by atoms with Crippen molar-refractivity contribution in [1.29, 1.82) is 0 Å². The van der Waals surface area contributed by atoms with E-state index in [9.17, 15) is 0 Å². The molecule has 0 fully saturated rings. The minimum Gasteiger partial charge on any atom is -0.278 e. The van der Waals surface area contributed by atoms with Crippen LogP contribution < -0.4 is 0 Å². The van der Waals surface area contributed by atoms with Gasteiger partial charge < -0.3 is 0 Å². The number of benzene rings is 7. The quantitative estimate of drug-likeness (QED) is 0.185. The van der Waals surface area contributed by atoms with Crippen LogP contribution in [0, 0.1) is 0 Å². The predicted molar refractivity (Wildman–Crippen MR) is 209 cm³/mol. The van der Waals surface area contributed by atoms with E-state index in [-0.39, 0.29) is 0 Å². The Morgan fingerprint density at radius 1 is 0.360 bits per heavy atom. The lowest BCUT2D eigenvalue weighted by Gasteiger charge is -2.11. The predicted octanol–water partition coefficient (Wildman–Crippen LogP) is 12.0. The number of para-hydroxylation sites is 1. The molecule has 0 aliphatic rings. The molecule has 234 valence electrons. The Kier molecular flexibility index (Phi) is 6.64. The van der Waals surface area contributed by atoms with Crippen molar-refractivity contribution in [3.8, 4) is 51.0 Å². The first-order valence-corrected chi connectivity index (χ1v) is 17.5. The van der Waals surface area contributed by atoms with Crippen molar-refractivity contribution < 1.29 is 0 Å². The third-order valence-corrected chi connectivity index (χ3v) is 10.8. The second kappa shape index (κ2) is 11.6. The first-order chi connectivity index (χ1) is 24.8. The highest BCUT2D eigenvalue weighted by Crippen LogP contribution is 2.44. The Morgan fingerprint density at radius 3 is 1.48 bits per heavy atom. The zero-order valence-electron chi connectivity index (χ0n) is 26.9. The summed E-state index contributed by atoms with van der Waals surface area (Å²) in [4.78, 5) is 15.1. The van der Waals surface area contributed by atoms with Gasteiger partial charge in [-0.05, 0) is 40.5 Å². The summed E-state index contributed by atoms with van der Waals surface area (Å²) >= 11 is 1.88. The van der Waals surface area contributed by atoms with Crippen LogP contribution in [0.5, 0.6) is 0 Å². The summed E-state index contributed by atoms with van der Waals surface area (Å²) in [7, 11) is 0. The average Bonchev–Trinajstić information content (AvgIpc) is 3.74. The first kappa shape index (κ1) is 28.6. The highest BCUT2D eigenvalue weighted by atomic mass is 32.1. The Morgan fingerprint density at radius 2 is 0.860 bits per heavy atom. The molecule has 3 heterocycles. The molecule has 50 heavy (non-hydrogen) atoms. The van der Waals surface area contributed by atoms with Gasteiger partial charge in [0.25, 0.3) is 0 Å². The number of rotatable bonds is 5. The van der Waals surface area contributed by atoms with Crippen LogP contribution >= 0.6 is 11.3 Å². The van der Waals surface area contributed by atoms with Crippen LogP contribution in [-0.2, 0) is 0 Å². The number of thiophene rings is 1. The largest absolute Gasteiger partial charge is 0.278 e. The third kappa shape index (κ3) is 4.63. The van der Waals surface area contributed by atoms with Crippen molar-refractivity contribution in [2.75, 3.05) is 0 Å². The fraction of sp³-hybridized carbons (Fsp3) is 0. The van der Waals surface area contributed by atoms with E-state index >= 15 is 0 Å². The van der Waals surface area contributed by atoms with Gasteiger partial charge in [0.1, 0.15) is 0 Å². The van der Waals surface area contributed by atoms with Gasteiger partial charge in [0.2, 0.25) is 5.95 Å². The topological polar surface area (TPSA) is 43.6 Å². The SMILES string of the molecule is c1ccc(-c2nc(-c3ccccc3)nc(-n3c4ccccc4c4cc(-c5cccc6c5sc5c(-c7ccccc7)cccc56)ccc43)n2)cc1. The normalized spacial score (nSPS) is 11.6. The molecule has 10 aromatic rings. The van der Waals surface area contributed by atoms with Gasteiger partial charge in [-0.3, -0.25) is 4.57 Å². The zero-order valence-corrected chi connectivity index (χ0v) is 27.7. The van der Waals surface area contributed by atoms with Crippen LogP contribution in [-0.4, -0.2) is 19.5 Å². The highest BCUT2D eigenvalue weighted by Gasteiger charge is 2.19. The summed E-state index contributed by atoms with van der Waals surface area (Å²) in [6, 6.07) is 59.7. The van der Waals surface area contributed by atoms with E-state index in [1.807, 2.05) is 72.0 Å². The second-order valence-corrected chi connectivity index (χ2v) is 13.5. The third-order valence-electron chi connectivity index (χ3n) is 9.48. The van der Waals surface area contributed by atoms with Crippen molar-refractivity contribution in [2.45, 2.75) is 0 Å². The summed E-state index contributed by atoms with van der Waals surface area (Å²) in [5, 5.41) is 4.89. The summed E-state index contributed by atoms with van der Waals surface area (Å²) in [6.45, 7) is 0. The van der Waals surface area contributed by atoms with E-state index in [0.29, 0.717) is 17.6 Å². The van der Waals surface area contributed by atoms with Crippen molar-refractivity contribution in [3.63, 3.8) is 0 Å². The van der Waals surface area contributed by atoms with Gasteiger partial charge in [-0.15, -0.1) is 11.3 Å². The molecular weight excluding hydrogens is 629 g/mol. The molecule has 0 spiro atoms. The van der Waals surface area contributed by atoms with Gasteiger partial charge in [0.15, 0.2) is 11.6 Å². The van der Waals surface area contributed by atoms with E-state index in [4.69, 9.17) is 15.0 Å². The van der Waals surface area contributed by atoms with Crippen LogP contribution in [0.3, 0.4) is 0 Å². The van der Waals surface area contributed by atoms with Gasteiger partial charge in [0, 0.05) is 42.1 Å². The minimum atomic E-state index is 0.594. The number of nitrogens with zero attached hydrogens (tertiary/aromatic N) is 4. The second-order valence-electron chi connectivity index (χ2n) is 12.4. The maximum Gasteiger partial charge on any atom is 0.238 e. The first-order valence-electron chi connectivity index (χ1n) is 16.7. The molecular formula is C45H28N4S. The maximum atomic E-state index is 5.09. The lowest BCUT2D eigenvalue weighted by Crippen LogP contribution is -2.06. The van der Waals surface area contributed by atoms with Crippen LogP contribution in [0.15, 0.2) is 170 Å². The number of fused-ring (bicyclic) bond motifs is 6. The molecule has 5 heteroatoms. The molecule has 4 nitrogen and oxygen atoms in total. The average molecular weight is 657 g/mol. The van der Waals surface area contributed by atoms with Crippen molar-refractivity contribution in [1.82, 2.24) is 19.5 Å². The molecule has 0 bridgehead atoms. The Bertz CT molecular complexity index is 2800. The molecule has 0 saturated heterocycles. The molecule has 0 saturated carbocycles. The lowest BCUT2D eigenvalue weighted by molar-refractivity contribution is 0.953. The number of hydrogen-bond donors (Lipinski definition) is 0. The smallest absolute Gasteiger partial charge is 0.238 e. The molecule has 0 atom stereocenters. The number of aromatic nitrogens is 4. The van der Waals surface area contributed by atoms with Crippen LogP contribution in [0.4, 0.5) is 0 Å². The fourth-order valence-electron chi connectivity index (χ4n) is 7.15. The van der Waals surface area contributed by atoms with Crippen LogP contribution in [0.25, 0.3) is 93.0 Å². The molecule has 10 rings (SSSR count). The summed E-state index contributed by atoms with van der Waals surface area (Å²) in [6.07, 6.45) is 0. The van der Waals surface area contributed by atoms with E-state index in [0.717, 1.165) is 32.9 Å². The molecule has 0 amide bonds. The van der Waals surface area contributed by atoms with Crippen LogP contribution in [0.2, 0.25) is 0 Å². The molecule has 7 aromatic carbocycles. The molecule has 0 unspecified atom stereocenters. The van der Waals surface area contributed by atoms with E-state index in [2.05, 4.69) is 114 Å². The summed E-state index contributed by atoms with van der Waals surface area (Å²) in [5.41, 5.74) is 8.93. The molecule has 3 aromatic heterocycles. The van der Waals surface area contributed by atoms with Gasteiger partial charge in [-0.1, -0.05) is 152 Å². The standard InChI is InChI=1S/C45H28N4S/c1-4-14-29(15-5-1)33-21-12-23-36-37-24-13-22-34(42(37)50-41(33)36)32-26-27-40-38(28-32)35-20-10-11-25-39(35)49(40)45-47-43(30-16-6-2-7-17-30)46-44(48-45)31-18-8-3-9-19-31/h1-28H. The van der Waals surface area contributed by atoms with E-state index in [1.54, 1.807) is 0 Å². The van der Waals surface area contributed by atoms with E-state index in [1.165, 1.54) is 42.4 Å². The summed E-state index contributed by atoms with van der Waals surface area (Å²) < 4.78 is 4.80. The lowest BCUT2D eigenvalue weighted by atomic mass is 9.99. The van der Waals surface area contributed by atoms with Crippen molar-refractivity contribution in [2.24, 2.45) is 0 Å². The molecule has 0 aliphatic heterocycles. The molecule has 0 radical (unpaired) electrons. The molecule has 0 N–H and O–H groups in total. The highest BCUT2D eigenvalue weighted by molar-refractivity contribution is 7.26. The van der Waals surface area contributed by atoms with Gasteiger partial charge in [-0.25, -0.2) is 4.98 Å². The van der Waals surface area contributed by atoms with Crippen molar-refractivity contribution in [3.05, 3.63) is 170 Å². The monoisotopic (exact) mass is 656 g/mol. The fourth-order valence-corrected chi connectivity index (χ4v) is 8.52. The molecule has 0 aliphatic carbocycles.